The summed E-state index contributed by atoms with van der Waals surface area (Å²) < 4.78 is 4.57. The number of esters is 1. The Morgan fingerprint density at radius 2 is 2.00 bits per heavy atom. The van der Waals surface area contributed by atoms with Gasteiger partial charge in [0.15, 0.2) is 0 Å². The van der Waals surface area contributed by atoms with E-state index in [0.29, 0.717) is 0 Å². The van der Waals surface area contributed by atoms with E-state index in [1.54, 1.807) is 0 Å². The lowest BCUT2D eigenvalue weighted by molar-refractivity contribution is -0.777. The Morgan fingerprint density at radius 1 is 1.46 bits per heavy atom. The molecule has 1 atom stereocenters. The van der Waals surface area contributed by atoms with Crippen LogP contribution in [-0.2, 0) is 14.4 Å². The van der Waals surface area contributed by atoms with Crippen LogP contribution in [0.1, 0.15) is 27.2 Å². The van der Waals surface area contributed by atoms with Gasteiger partial charge in [-0.3, -0.25) is 9.63 Å². The zero-order chi connectivity index (χ0) is 10.4. The van der Waals surface area contributed by atoms with Crippen LogP contribution in [0, 0.1) is 16.0 Å². The minimum Gasteiger partial charge on any atom is -0.435 e. The lowest BCUT2D eigenvalue weighted by Gasteiger charge is -2.11. The van der Waals surface area contributed by atoms with E-state index >= 15 is 0 Å². The van der Waals surface area contributed by atoms with Gasteiger partial charge < -0.3 is 4.74 Å². The van der Waals surface area contributed by atoms with Crippen molar-refractivity contribution in [2.75, 3.05) is 0 Å². The molecule has 6 heteroatoms. The first-order chi connectivity index (χ1) is 5.91. The van der Waals surface area contributed by atoms with E-state index in [1.165, 1.54) is 6.92 Å². The molecule has 0 spiro atoms. The third kappa shape index (κ3) is 7.04. The van der Waals surface area contributed by atoms with Gasteiger partial charge in [0.2, 0.25) is 6.29 Å². The number of carbonyl (C=O) groups is 1. The Morgan fingerprint density at radius 3 is 2.38 bits per heavy atom. The number of hydrogen-bond donors (Lipinski definition) is 0. The van der Waals surface area contributed by atoms with Crippen molar-refractivity contribution in [2.45, 2.75) is 33.5 Å². The highest BCUT2D eigenvalue weighted by Gasteiger charge is 2.13. The van der Waals surface area contributed by atoms with Crippen molar-refractivity contribution in [3.63, 3.8) is 0 Å². The third-order valence-corrected chi connectivity index (χ3v) is 1.11. The van der Waals surface area contributed by atoms with Crippen molar-refractivity contribution in [3.05, 3.63) is 10.1 Å². The van der Waals surface area contributed by atoms with Crippen LogP contribution in [-0.4, -0.2) is 17.3 Å². The van der Waals surface area contributed by atoms with Crippen LogP contribution in [0.2, 0.25) is 0 Å². The number of ether oxygens (including phenoxy) is 1. The van der Waals surface area contributed by atoms with Gasteiger partial charge in [-0.25, -0.2) is 0 Å². The minimum atomic E-state index is -1.14. The highest BCUT2D eigenvalue weighted by atomic mass is 17.0. The van der Waals surface area contributed by atoms with Crippen molar-refractivity contribution in [1.29, 1.82) is 0 Å². The molecule has 0 radical (unpaired) electrons. The Hall–Kier alpha value is -1.33. The summed E-state index contributed by atoms with van der Waals surface area (Å²) in [6.07, 6.45) is -0.910. The van der Waals surface area contributed by atoms with Gasteiger partial charge in [-0.2, -0.15) is 0 Å². The molecule has 0 saturated carbocycles. The molecular formula is C7H13NO5. The zero-order valence-corrected chi connectivity index (χ0v) is 7.85. The molecule has 0 saturated heterocycles. The SMILES string of the molecule is CC(C)CC(=O)OC(C)O[N+](=O)[O-]. The summed E-state index contributed by atoms with van der Waals surface area (Å²) in [6, 6.07) is 0. The fourth-order valence-electron chi connectivity index (χ4n) is 0.709. The molecule has 1 unspecified atom stereocenters. The van der Waals surface area contributed by atoms with Crippen molar-refractivity contribution >= 4 is 5.97 Å². The highest BCUT2D eigenvalue weighted by Crippen LogP contribution is 2.03. The summed E-state index contributed by atoms with van der Waals surface area (Å²) in [4.78, 5) is 24.7. The summed E-state index contributed by atoms with van der Waals surface area (Å²) in [5.41, 5.74) is 0. The van der Waals surface area contributed by atoms with Crippen LogP contribution >= 0.6 is 0 Å². The molecule has 0 N–H and O–H groups in total. The van der Waals surface area contributed by atoms with Crippen molar-refractivity contribution in [1.82, 2.24) is 0 Å². The first-order valence-corrected chi connectivity index (χ1v) is 3.92. The number of nitrogens with zero attached hydrogens (tertiary/aromatic N) is 1. The molecule has 0 aromatic heterocycles. The minimum absolute atomic E-state index is 0.162. The highest BCUT2D eigenvalue weighted by molar-refractivity contribution is 5.69. The molecule has 0 aliphatic heterocycles. The lowest BCUT2D eigenvalue weighted by Crippen LogP contribution is -2.21. The summed E-state index contributed by atoms with van der Waals surface area (Å²) >= 11 is 0. The Labute approximate surface area is 75.9 Å². The third-order valence-electron chi connectivity index (χ3n) is 1.11. The number of hydrogen-bond acceptors (Lipinski definition) is 5. The molecule has 0 amide bonds. The van der Waals surface area contributed by atoms with Crippen LogP contribution in [0.25, 0.3) is 0 Å². The quantitative estimate of drug-likeness (QED) is 0.281. The van der Waals surface area contributed by atoms with Crippen molar-refractivity contribution < 1.29 is 19.5 Å². The second-order valence-corrected chi connectivity index (χ2v) is 2.98. The summed E-state index contributed by atoms with van der Waals surface area (Å²) in [6.45, 7) is 4.99. The first-order valence-electron chi connectivity index (χ1n) is 3.92. The Kier molecular flexibility index (Phi) is 4.79. The standard InChI is InChI=1S/C7H13NO5/c1-5(2)4-7(9)12-6(3)13-8(10)11/h5-6H,4H2,1-3H3. The zero-order valence-electron chi connectivity index (χ0n) is 7.85. The molecule has 0 rings (SSSR count). The van der Waals surface area contributed by atoms with E-state index in [0.717, 1.165) is 0 Å². The number of carbonyl (C=O) groups excluding carboxylic acids is 1. The van der Waals surface area contributed by atoms with E-state index < -0.39 is 17.3 Å². The van der Waals surface area contributed by atoms with Gasteiger partial charge in [0.25, 0.3) is 5.09 Å². The van der Waals surface area contributed by atoms with Crippen molar-refractivity contribution in [2.24, 2.45) is 5.92 Å². The average Bonchev–Trinajstić information content (AvgIpc) is 1.80. The van der Waals surface area contributed by atoms with E-state index in [2.05, 4.69) is 9.57 Å². The summed E-state index contributed by atoms with van der Waals surface area (Å²) in [5, 5.41) is 8.81. The summed E-state index contributed by atoms with van der Waals surface area (Å²) in [7, 11) is 0. The lowest BCUT2D eigenvalue weighted by atomic mass is 10.1. The van der Waals surface area contributed by atoms with Gasteiger partial charge in [0.05, 0.1) is 0 Å². The molecule has 0 aliphatic rings. The van der Waals surface area contributed by atoms with Gasteiger partial charge in [-0.15, -0.1) is 10.1 Å². The molecule has 0 aromatic rings. The average molecular weight is 191 g/mol. The van der Waals surface area contributed by atoms with E-state index in [9.17, 15) is 14.9 Å². The van der Waals surface area contributed by atoms with Crippen LogP contribution in [0.5, 0.6) is 0 Å². The van der Waals surface area contributed by atoms with E-state index in [4.69, 9.17) is 0 Å². The predicted molar refractivity (Wildman–Crippen MR) is 43.1 cm³/mol. The van der Waals surface area contributed by atoms with Gasteiger partial charge in [0.1, 0.15) is 0 Å². The van der Waals surface area contributed by atoms with Crippen LogP contribution in [0.4, 0.5) is 0 Å². The van der Waals surface area contributed by atoms with Gasteiger partial charge in [-0.1, -0.05) is 13.8 Å². The normalized spacial score (nSPS) is 12.3. The molecule has 0 bridgehead atoms. The van der Waals surface area contributed by atoms with Gasteiger partial charge in [0, 0.05) is 6.42 Å². The maximum absolute atomic E-state index is 10.9. The number of rotatable bonds is 5. The van der Waals surface area contributed by atoms with Crippen LogP contribution < -0.4 is 0 Å². The topological polar surface area (TPSA) is 78.7 Å². The van der Waals surface area contributed by atoms with Gasteiger partial charge >= 0.3 is 5.97 Å². The van der Waals surface area contributed by atoms with Crippen LogP contribution in [0.15, 0.2) is 0 Å². The van der Waals surface area contributed by atoms with E-state index in [-0.39, 0.29) is 12.3 Å². The predicted octanol–water partition coefficient (Wildman–Crippen LogP) is 1.13. The van der Waals surface area contributed by atoms with Crippen LogP contribution in [0.3, 0.4) is 0 Å². The fraction of sp³-hybridized carbons (Fsp3) is 0.857. The second kappa shape index (κ2) is 5.34. The largest absolute Gasteiger partial charge is 0.435 e. The summed E-state index contributed by atoms with van der Waals surface area (Å²) in [5.74, 6) is -0.334. The second-order valence-electron chi connectivity index (χ2n) is 2.98. The smallest absolute Gasteiger partial charge is 0.308 e. The Bertz CT molecular complexity index is 191. The molecule has 13 heavy (non-hydrogen) atoms. The molecule has 6 nitrogen and oxygen atoms in total. The molecular weight excluding hydrogens is 178 g/mol. The molecule has 0 heterocycles. The maximum atomic E-state index is 10.9. The molecule has 0 aromatic carbocycles. The van der Waals surface area contributed by atoms with Crippen molar-refractivity contribution in [3.8, 4) is 0 Å². The molecule has 0 fully saturated rings. The molecule has 76 valence electrons. The Balaban J connectivity index is 3.71. The first kappa shape index (κ1) is 11.7. The fourth-order valence-corrected chi connectivity index (χ4v) is 0.709. The molecule has 0 aliphatic carbocycles. The monoisotopic (exact) mass is 191 g/mol. The van der Waals surface area contributed by atoms with E-state index in [1.807, 2.05) is 13.8 Å². The van der Waals surface area contributed by atoms with Gasteiger partial charge in [-0.05, 0) is 12.8 Å². The maximum Gasteiger partial charge on any atom is 0.308 e.